The number of carbonyl (C=O) groups excluding carboxylic acids is 2. The number of methoxy groups -OCH3 is 1. The second kappa shape index (κ2) is 7.63. The van der Waals surface area contributed by atoms with Crippen LogP contribution in [0.15, 0.2) is 0 Å². The Bertz CT molecular complexity index is 265. The van der Waals surface area contributed by atoms with E-state index >= 15 is 0 Å². The van der Waals surface area contributed by atoms with Crippen molar-refractivity contribution in [3.8, 4) is 0 Å². The van der Waals surface area contributed by atoms with Gasteiger partial charge in [0.15, 0.2) is 0 Å². The number of esters is 1. The van der Waals surface area contributed by atoms with Crippen molar-refractivity contribution < 1.29 is 29.0 Å². The average molecular weight is 233 g/mol. The molecule has 0 fully saturated rings. The molecule has 0 aromatic rings. The van der Waals surface area contributed by atoms with Gasteiger partial charge in [0.1, 0.15) is 12.6 Å². The smallest absolute Gasteiger partial charge is 0.326 e. The predicted molar refractivity (Wildman–Crippen MR) is 52.7 cm³/mol. The largest absolute Gasteiger partial charge is 0.480 e. The van der Waals surface area contributed by atoms with E-state index in [4.69, 9.17) is 9.84 Å². The number of hydrogen-bond donors (Lipinski definition) is 2. The maximum Gasteiger partial charge on any atom is 0.326 e. The van der Waals surface area contributed by atoms with E-state index in [-0.39, 0.29) is 6.61 Å². The van der Waals surface area contributed by atoms with Crippen LogP contribution < -0.4 is 5.32 Å². The van der Waals surface area contributed by atoms with E-state index in [9.17, 15) is 14.4 Å². The summed E-state index contributed by atoms with van der Waals surface area (Å²) in [6.07, 6.45) is -0.413. The number of hydrogen-bond acceptors (Lipinski definition) is 5. The molecule has 0 spiro atoms. The van der Waals surface area contributed by atoms with E-state index in [1.165, 1.54) is 0 Å². The van der Waals surface area contributed by atoms with Gasteiger partial charge < -0.3 is 19.9 Å². The Morgan fingerprint density at radius 3 is 2.44 bits per heavy atom. The number of amides is 1. The number of carbonyl (C=O) groups is 3. The van der Waals surface area contributed by atoms with Crippen LogP contribution in [-0.2, 0) is 23.9 Å². The van der Waals surface area contributed by atoms with E-state index < -0.39 is 30.3 Å². The Labute approximate surface area is 92.7 Å². The highest BCUT2D eigenvalue weighted by molar-refractivity contribution is 5.87. The molecule has 0 saturated carbocycles. The molecule has 0 aliphatic heterocycles. The highest BCUT2D eigenvalue weighted by Crippen LogP contribution is 1.95. The lowest BCUT2D eigenvalue weighted by Crippen LogP contribution is -2.43. The summed E-state index contributed by atoms with van der Waals surface area (Å²) in [5.74, 6) is -2.59. The molecule has 0 saturated heterocycles. The van der Waals surface area contributed by atoms with Crippen LogP contribution in [0.5, 0.6) is 0 Å². The molecule has 1 atom stereocenters. The minimum atomic E-state index is -1.30. The van der Waals surface area contributed by atoms with Crippen LogP contribution in [0.4, 0.5) is 0 Å². The van der Waals surface area contributed by atoms with Crippen LogP contribution >= 0.6 is 0 Å². The minimum Gasteiger partial charge on any atom is -0.480 e. The van der Waals surface area contributed by atoms with E-state index in [1.807, 2.05) is 0 Å². The molecule has 0 radical (unpaired) electrons. The van der Waals surface area contributed by atoms with Crippen LogP contribution in [0, 0.1) is 0 Å². The van der Waals surface area contributed by atoms with Crippen LogP contribution in [0.3, 0.4) is 0 Å². The molecule has 1 amide bonds. The summed E-state index contributed by atoms with van der Waals surface area (Å²) in [5.41, 5.74) is 0. The molecular formula is C9H15NO6. The van der Waals surface area contributed by atoms with Crippen LogP contribution in [0.25, 0.3) is 0 Å². The summed E-state index contributed by atoms with van der Waals surface area (Å²) in [6.45, 7) is 1.82. The van der Waals surface area contributed by atoms with Gasteiger partial charge in [0.05, 0.1) is 13.5 Å². The molecule has 0 heterocycles. The van der Waals surface area contributed by atoms with Crippen molar-refractivity contribution in [3.63, 3.8) is 0 Å². The highest BCUT2D eigenvalue weighted by Gasteiger charge is 2.23. The first-order chi connectivity index (χ1) is 7.51. The van der Waals surface area contributed by atoms with Gasteiger partial charge in [-0.1, -0.05) is 0 Å². The zero-order chi connectivity index (χ0) is 12.6. The molecule has 0 rings (SSSR count). The van der Waals surface area contributed by atoms with Gasteiger partial charge in [0.2, 0.25) is 5.91 Å². The van der Waals surface area contributed by atoms with Gasteiger partial charge in [-0.2, -0.15) is 0 Å². The summed E-state index contributed by atoms with van der Waals surface area (Å²) in [6, 6.07) is -1.29. The second-order valence-electron chi connectivity index (χ2n) is 2.88. The number of carboxylic acid groups (broad SMARTS) is 1. The minimum absolute atomic E-state index is 0.235. The third kappa shape index (κ3) is 5.97. The lowest BCUT2D eigenvalue weighted by molar-refractivity contribution is -0.149. The van der Waals surface area contributed by atoms with Gasteiger partial charge >= 0.3 is 11.9 Å². The van der Waals surface area contributed by atoms with Gasteiger partial charge in [0.25, 0.3) is 0 Å². The first-order valence-corrected chi connectivity index (χ1v) is 4.68. The monoisotopic (exact) mass is 233 g/mol. The molecule has 16 heavy (non-hydrogen) atoms. The van der Waals surface area contributed by atoms with Crippen molar-refractivity contribution in [1.29, 1.82) is 0 Å². The Morgan fingerprint density at radius 1 is 1.38 bits per heavy atom. The van der Waals surface area contributed by atoms with Crippen LogP contribution in [0.1, 0.15) is 13.3 Å². The molecule has 92 valence electrons. The molecule has 0 unspecified atom stereocenters. The highest BCUT2D eigenvalue weighted by atomic mass is 16.5. The number of nitrogens with one attached hydrogen (secondary N) is 1. The summed E-state index contributed by atoms with van der Waals surface area (Å²) in [4.78, 5) is 32.7. The fraction of sp³-hybridized carbons (Fsp3) is 0.667. The topological polar surface area (TPSA) is 102 Å². The summed E-state index contributed by atoms with van der Waals surface area (Å²) < 4.78 is 9.09. The Kier molecular flexibility index (Phi) is 6.86. The normalized spacial score (nSPS) is 11.6. The fourth-order valence-electron chi connectivity index (χ4n) is 0.881. The standard InChI is InChI=1S/C9H15NO6/c1-3-16-5-7(11)10-6(9(13)14)4-8(12)15-2/h6H,3-5H2,1-2H3,(H,10,11)(H,13,14)/t6-/m0/s1. The predicted octanol–water partition coefficient (Wildman–Crippen LogP) is -0.845. The first-order valence-electron chi connectivity index (χ1n) is 4.68. The van der Waals surface area contributed by atoms with Crippen LogP contribution in [-0.4, -0.2) is 49.3 Å². The summed E-state index contributed by atoms with van der Waals surface area (Å²) >= 11 is 0. The van der Waals surface area contributed by atoms with E-state index in [1.54, 1.807) is 6.92 Å². The van der Waals surface area contributed by atoms with Crippen molar-refractivity contribution in [3.05, 3.63) is 0 Å². The summed E-state index contributed by atoms with van der Waals surface area (Å²) in [7, 11) is 1.14. The Hall–Kier alpha value is -1.63. The van der Waals surface area contributed by atoms with Crippen molar-refractivity contribution in [2.24, 2.45) is 0 Å². The number of aliphatic carboxylic acids is 1. The number of carboxylic acids is 1. The molecule has 0 aliphatic carbocycles. The molecule has 7 nitrogen and oxygen atoms in total. The van der Waals surface area contributed by atoms with Crippen molar-refractivity contribution in [2.45, 2.75) is 19.4 Å². The van der Waals surface area contributed by atoms with Gasteiger partial charge in [0, 0.05) is 6.61 Å². The van der Waals surface area contributed by atoms with Crippen molar-refractivity contribution in [2.75, 3.05) is 20.3 Å². The molecule has 0 bridgehead atoms. The zero-order valence-electron chi connectivity index (χ0n) is 9.19. The lowest BCUT2D eigenvalue weighted by atomic mass is 10.2. The molecule has 0 aromatic heterocycles. The number of ether oxygens (including phenoxy) is 2. The average Bonchev–Trinajstić information content (AvgIpc) is 2.24. The van der Waals surface area contributed by atoms with Crippen LogP contribution in [0.2, 0.25) is 0 Å². The lowest BCUT2D eigenvalue weighted by Gasteiger charge is -2.12. The van der Waals surface area contributed by atoms with E-state index in [0.717, 1.165) is 7.11 Å². The molecule has 0 aliphatic rings. The Morgan fingerprint density at radius 2 is 2.00 bits per heavy atom. The molecule has 7 heteroatoms. The molecule has 2 N–H and O–H groups in total. The third-order valence-electron chi connectivity index (χ3n) is 1.67. The quantitative estimate of drug-likeness (QED) is 0.556. The molecule has 0 aromatic carbocycles. The maximum absolute atomic E-state index is 11.1. The van der Waals surface area contributed by atoms with Crippen molar-refractivity contribution >= 4 is 17.8 Å². The first kappa shape index (κ1) is 14.4. The second-order valence-corrected chi connectivity index (χ2v) is 2.88. The number of rotatable bonds is 7. The summed E-state index contributed by atoms with van der Waals surface area (Å²) in [5, 5.41) is 10.9. The van der Waals surface area contributed by atoms with E-state index in [2.05, 4.69) is 10.1 Å². The van der Waals surface area contributed by atoms with Gasteiger partial charge in [-0.3, -0.25) is 9.59 Å². The van der Waals surface area contributed by atoms with Crippen molar-refractivity contribution in [1.82, 2.24) is 5.32 Å². The van der Waals surface area contributed by atoms with Gasteiger partial charge in [-0.15, -0.1) is 0 Å². The zero-order valence-corrected chi connectivity index (χ0v) is 9.19. The van der Waals surface area contributed by atoms with Gasteiger partial charge in [-0.25, -0.2) is 4.79 Å². The maximum atomic E-state index is 11.1. The van der Waals surface area contributed by atoms with E-state index in [0.29, 0.717) is 6.61 Å². The third-order valence-corrected chi connectivity index (χ3v) is 1.67. The fourth-order valence-corrected chi connectivity index (χ4v) is 0.881. The Balaban J connectivity index is 4.17. The molecular weight excluding hydrogens is 218 g/mol. The SMILES string of the molecule is CCOCC(=O)N[C@@H](CC(=O)OC)C(=O)O. The van der Waals surface area contributed by atoms with Gasteiger partial charge in [-0.05, 0) is 6.92 Å².